The summed E-state index contributed by atoms with van der Waals surface area (Å²) in [6.07, 6.45) is 0.896. The summed E-state index contributed by atoms with van der Waals surface area (Å²) in [5.74, 6) is -0.650. The van der Waals surface area contributed by atoms with Gasteiger partial charge in [0.1, 0.15) is 10.6 Å². The summed E-state index contributed by atoms with van der Waals surface area (Å²) in [7, 11) is -3.68. The zero-order chi connectivity index (χ0) is 14.6. The topological polar surface area (TPSA) is 110 Å². The molecule has 0 saturated heterocycles. The van der Waals surface area contributed by atoms with E-state index in [0.717, 1.165) is 0 Å². The number of carboxylic acids is 1. The molecule has 108 valence electrons. The number of aliphatic carboxylic acids is 1. The van der Waals surface area contributed by atoms with Crippen LogP contribution in [-0.4, -0.2) is 30.7 Å². The molecule has 1 aromatic heterocycles. The summed E-state index contributed by atoms with van der Waals surface area (Å²) >= 11 is 0. The minimum atomic E-state index is -3.68. The largest absolute Gasteiger partial charge is 0.481 e. The molecule has 1 unspecified atom stereocenters. The molecule has 1 rings (SSSR count). The van der Waals surface area contributed by atoms with Crippen LogP contribution in [-0.2, 0) is 14.8 Å². The fraction of sp³-hybridized carbons (Fsp3) is 0.636. The van der Waals surface area contributed by atoms with Crippen LogP contribution in [0.5, 0.6) is 0 Å². The third-order valence-electron chi connectivity index (χ3n) is 2.62. The molecule has 1 heterocycles. The second kappa shape index (κ2) is 6.16. The van der Waals surface area contributed by atoms with E-state index in [2.05, 4.69) is 9.88 Å². The first-order valence-corrected chi connectivity index (χ1v) is 7.39. The Balaban J connectivity index is 2.67. The summed E-state index contributed by atoms with van der Waals surface area (Å²) in [6.45, 7) is 4.78. The average Bonchev–Trinajstić information content (AvgIpc) is 2.57. The van der Waals surface area contributed by atoms with Crippen molar-refractivity contribution in [3.05, 3.63) is 11.5 Å². The number of rotatable bonds is 7. The van der Waals surface area contributed by atoms with Crippen molar-refractivity contribution in [1.82, 2.24) is 9.88 Å². The van der Waals surface area contributed by atoms with Gasteiger partial charge in [-0.05, 0) is 33.6 Å². The van der Waals surface area contributed by atoms with Crippen molar-refractivity contribution in [3.63, 3.8) is 0 Å². The number of carboxylic acid groups (broad SMARTS) is 1. The van der Waals surface area contributed by atoms with Crippen LogP contribution >= 0.6 is 0 Å². The maximum atomic E-state index is 12.1. The van der Waals surface area contributed by atoms with Gasteiger partial charge in [0, 0.05) is 12.5 Å². The van der Waals surface area contributed by atoms with Crippen molar-refractivity contribution < 1.29 is 22.8 Å². The lowest BCUT2D eigenvalue weighted by Crippen LogP contribution is -2.33. The van der Waals surface area contributed by atoms with E-state index in [-0.39, 0.29) is 23.1 Å². The molecule has 0 amide bonds. The first-order valence-electron chi connectivity index (χ1n) is 5.91. The van der Waals surface area contributed by atoms with Crippen molar-refractivity contribution in [1.29, 1.82) is 0 Å². The second-order valence-electron chi connectivity index (χ2n) is 4.46. The first kappa shape index (κ1) is 15.6. The maximum absolute atomic E-state index is 12.1. The number of aromatic nitrogens is 1. The van der Waals surface area contributed by atoms with Gasteiger partial charge in [0.15, 0.2) is 5.76 Å². The quantitative estimate of drug-likeness (QED) is 0.781. The van der Waals surface area contributed by atoms with Gasteiger partial charge in [0.25, 0.3) is 0 Å². The Kier molecular flexibility index (Phi) is 5.07. The molecule has 0 fully saturated rings. The van der Waals surface area contributed by atoms with E-state index in [1.807, 2.05) is 0 Å². The van der Waals surface area contributed by atoms with E-state index in [9.17, 15) is 13.2 Å². The highest BCUT2D eigenvalue weighted by Gasteiger charge is 2.25. The van der Waals surface area contributed by atoms with E-state index in [0.29, 0.717) is 18.5 Å². The number of hydrogen-bond donors (Lipinski definition) is 2. The van der Waals surface area contributed by atoms with E-state index in [4.69, 9.17) is 9.63 Å². The van der Waals surface area contributed by atoms with Crippen molar-refractivity contribution >= 4 is 16.0 Å². The van der Waals surface area contributed by atoms with Crippen molar-refractivity contribution in [2.45, 2.75) is 51.0 Å². The van der Waals surface area contributed by atoms with Crippen molar-refractivity contribution in [3.8, 4) is 0 Å². The fourth-order valence-electron chi connectivity index (χ4n) is 1.80. The summed E-state index contributed by atoms with van der Waals surface area (Å²) in [6, 6.07) is -0.349. The highest BCUT2D eigenvalue weighted by Crippen LogP contribution is 2.19. The number of nitrogens with one attached hydrogen (secondary N) is 1. The molecule has 0 spiro atoms. The highest BCUT2D eigenvalue weighted by molar-refractivity contribution is 7.89. The van der Waals surface area contributed by atoms with Crippen molar-refractivity contribution in [2.24, 2.45) is 0 Å². The Labute approximate surface area is 112 Å². The standard InChI is InChI=1S/C11H18N2O5S/c1-7(5-4-6-10(14)15)13-19(16,17)11-8(2)12-18-9(11)3/h7,13H,4-6H2,1-3H3,(H,14,15). The summed E-state index contributed by atoms with van der Waals surface area (Å²) < 4.78 is 31.6. The van der Waals surface area contributed by atoms with Crippen LogP contribution in [0.4, 0.5) is 0 Å². The molecule has 0 aliphatic heterocycles. The molecule has 1 atom stereocenters. The van der Waals surface area contributed by atoms with Gasteiger partial charge in [0.2, 0.25) is 10.0 Å². The molecule has 8 heteroatoms. The summed E-state index contributed by atoms with van der Waals surface area (Å²) in [4.78, 5) is 10.4. The monoisotopic (exact) mass is 290 g/mol. The molecule has 0 saturated carbocycles. The van der Waals surface area contributed by atoms with Gasteiger partial charge >= 0.3 is 5.97 Å². The molecule has 7 nitrogen and oxygen atoms in total. The van der Waals surface area contributed by atoms with Crippen LogP contribution in [0.1, 0.15) is 37.6 Å². The molecule has 2 N–H and O–H groups in total. The number of carbonyl (C=O) groups is 1. The first-order chi connectivity index (χ1) is 8.74. The second-order valence-corrected chi connectivity index (χ2v) is 6.11. The Morgan fingerprint density at radius 2 is 2.11 bits per heavy atom. The predicted octanol–water partition coefficient (Wildman–Crippen LogP) is 1.21. The SMILES string of the molecule is Cc1noc(C)c1S(=O)(=O)NC(C)CCCC(=O)O. The smallest absolute Gasteiger partial charge is 0.303 e. The molecular weight excluding hydrogens is 272 g/mol. The van der Waals surface area contributed by atoms with Crippen LogP contribution in [0.15, 0.2) is 9.42 Å². The Bertz CT molecular complexity index is 530. The normalized spacial score (nSPS) is 13.4. The lowest BCUT2D eigenvalue weighted by molar-refractivity contribution is -0.137. The molecule has 0 bridgehead atoms. The summed E-state index contributed by atoms with van der Waals surface area (Å²) in [5.41, 5.74) is 0.308. The number of aryl methyl sites for hydroxylation is 2. The third-order valence-corrected chi connectivity index (χ3v) is 4.45. The van der Waals surface area contributed by atoms with Gasteiger partial charge < -0.3 is 9.63 Å². The fourth-order valence-corrected chi connectivity index (χ4v) is 3.41. The van der Waals surface area contributed by atoms with Gasteiger partial charge in [-0.1, -0.05) is 5.16 Å². The molecule has 19 heavy (non-hydrogen) atoms. The highest BCUT2D eigenvalue weighted by atomic mass is 32.2. The Morgan fingerprint density at radius 1 is 1.47 bits per heavy atom. The van der Waals surface area contributed by atoms with Crippen LogP contribution in [0.3, 0.4) is 0 Å². The van der Waals surface area contributed by atoms with E-state index >= 15 is 0 Å². The number of hydrogen-bond acceptors (Lipinski definition) is 5. The molecular formula is C11H18N2O5S. The van der Waals surface area contributed by atoms with E-state index in [1.165, 1.54) is 6.92 Å². The van der Waals surface area contributed by atoms with Gasteiger partial charge in [0.05, 0.1) is 0 Å². The zero-order valence-corrected chi connectivity index (χ0v) is 12.0. The van der Waals surface area contributed by atoms with Crippen LogP contribution in [0, 0.1) is 13.8 Å². The molecule has 0 radical (unpaired) electrons. The molecule has 0 aliphatic rings. The maximum Gasteiger partial charge on any atom is 0.303 e. The zero-order valence-electron chi connectivity index (χ0n) is 11.1. The van der Waals surface area contributed by atoms with Gasteiger partial charge in [-0.25, -0.2) is 13.1 Å². The van der Waals surface area contributed by atoms with Crippen LogP contribution in [0.2, 0.25) is 0 Å². The number of nitrogens with zero attached hydrogens (tertiary/aromatic N) is 1. The molecule has 1 aromatic rings. The van der Waals surface area contributed by atoms with Crippen LogP contribution < -0.4 is 4.72 Å². The van der Waals surface area contributed by atoms with Gasteiger partial charge in [-0.2, -0.15) is 0 Å². The van der Waals surface area contributed by atoms with Crippen LogP contribution in [0.25, 0.3) is 0 Å². The number of sulfonamides is 1. The Morgan fingerprint density at radius 3 is 2.58 bits per heavy atom. The van der Waals surface area contributed by atoms with E-state index in [1.54, 1.807) is 13.8 Å². The van der Waals surface area contributed by atoms with Gasteiger partial charge in [-0.15, -0.1) is 0 Å². The lowest BCUT2D eigenvalue weighted by atomic mass is 10.1. The Hall–Kier alpha value is -1.41. The van der Waals surface area contributed by atoms with Gasteiger partial charge in [-0.3, -0.25) is 4.79 Å². The minimum absolute atomic E-state index is 0.0252. The lowest BCUT2D eigenvalue weighted by Gasteiger charge is -2.13. The van der Waals surface area contributed by atoms with E-state index < -0.39 is 16.0 Å². The minimum Gasteiger partial charge on any atom is -0.481 e. The summed E-state index contributed by atoms with van der Waals surface area (Å²) in [5, 5.41) is 12.1. The van der Waals surface area contributed by atoms with Crippen molar-refractivity contribution in [2.75, 3.05) is 0 Å². The average molecular weight is 290 g/mol. The molecule has 0 aromatic carbocycles. The molecule has 0 aliphatic carbocycles. The predicted molar refractivity (Wildman–Crippen MR) is 67.2 cm³/mol. The third kappa shape index (κ3) is 4.32.